The minimum atomic E-state index is -0.199. The molecule has 2 aromatic carbocycles. The molecule has 3 nitrogen and oxygen atoms in total. The van der Waals surface area contributed by atoms with Crippen molar-refractivity contribution < 1.29 is 4.79 Å². The quantitative estimate of drug-likeness (QED) is 0.435. The Morgan fingerprint density at radius 2 is 1.70 bits per heavy atom. The van der Waals surface area contributed by atoms with Crippen molar-refractivity contribution in [3.05, 3.63) is 68.8 Å². The standard InChI is InChI=1S/C19H21IN2O/c1-13(15-6-5-7-17(20)12-15)21-22-18(23)14-8-10-16(11-9-14)19(2,3)4/h5-12H,1-4H3,(H,22,23)/b21-13-. The Labute approximate surface area is 151 Å². The first-order chi connectivity index (χ1) is 10.8. The van der Waals surface area contributed by atoms with Gasteiger partial charge in [-0.05, 0) is 70.3 Å². The van der Waals surface area contributed by atoms with Crippen LogP contribution in [0, 0.1) is 3.57 Å². The minimum Gasteiger partial charge on any atom is -0.267 e. The first kappa shape index (κ1) is 17.7. The number of carbonyl (C=O) groups is 1. The van der Waals surface area contributed by atoms with Gasteiger partial charge >= 0.3 is 0 Å². The minimum absolute atomic E-state index is 0.0776. The number of amides is 1. The third-order valence-corrected chi connectivity index (χ3v) is 4.25. The second-order valence-corrected chi connectivity index (χ2v) is 7.72. The van der Waals surface area contributed by atoms with Crippen LogP contribution in [0.15, 0.2) is 53.6 Å². The maximum absolute atomic E-state index is 12.2. The molecule has 0 aliphatic heterocycles. The number of rotatable bonds is 3. The summed E-state index contributed by atoms with van der Waals surface area (Å²) in [6, 6.07) is 15.7. The molecule has 4 heteroatoms. The Morgan fingerprint density at radius 3 is 2.26 bits per heavy atom. The highest BCUT2D eigenvalue weighted by Crippen LogP contribution is 2.22. The normalized spacial score (nSPS) is 12.1. The number of hydrogen-bond donors (Lipinski definition) is 1. The number of benzene rings is 2. The van der Waals surface area contributed by atoms with Crippen molar-refractivity contribution in [1.82, 2.24) is 5.43 Å². The Balaban J connectivity index is 2.08. The molecule has 0 unspecified atom stereocenters. The lowest BCUT2D eigenvalue weighted by Crippen LogP contribution is -2.20. The summed E-state index contributed by atoms with van der Waals surface area (Å²) in [5, 5.41) is 4.20. The molecule has 0 aromatic heterocycles. The van der Waals surface area contributed by atoms with Crippen molar-refractivity contribution in [1.29, 1.82) is 0 Å². The molecule has 1 N–H and O–H groups in total. The summed E-state index contributed by atoms with van der Waals surface area (Å²) in [7, 11) is 0. The van der Waals surface area contributed by atoms with E-state index in [0.29, 0.717) is 5.56 Å². The molecule has 2 rings (SSSR count). The van der Waals surface area contributed by atoms with Crippen molar-refractivity contribution in [2.45, 2.75) is 33.1 Å². The van der Waals surface area contributed by atoms with Crippen molar-refractivity contribution in [3.8, 4) is 0 Å². The maximum Gasteiger partial charge on any atom is 0.271 e. The summed E-state index contributed by atoms with van der Waals surface area (Å²) in [5.74, 6) is -0.199. The van der Waals surface area contributed by atoms with E-state index >= 15 is 0 Å². The van der Waals surface area contributed by atoms with E-state index in [1.807, 2.05) is 55.5 Å². The van der Waals surface area contributed by atoms with Crippen molar-refractivity contribution >= 4 is 34.2 Å². The summed E-state index contributed by atoms with van der Waals surface area (Å²) in [4.78, 5) is 12.2. The Bertz CT molecular complexity index is 728. The Morgan fingerprint density at radius 1 is 1.04 bits per heavy atom. The zero-order valence-electron chi connectivity index (χ0n) is 13.9. The number of nitrogens with one attached hydrogen (secondary N) is 1. The van der Waals surface area contributed by atoms with Gasteiger partial charge in [0.1, 0.15) is 0 Å². The number of nitrogens with zero attached hydrogens (tertiary/aromatic N) is 1. The van der Waals surface area contributed by atoms with E-state index in [9.17, 15) is 4.79 Å². The highest BCUT2D eigenvalue weighted by molar-refractivity contribution is 14.1. The van der Waals surface area contributed by atoms with Gasteiger partial charge in [-0.1, -0.05) is 45.0 Å². The van der Waals surface area contributed by atoms with Crippen LogP contribution in [0.4, 0.5) is 0 Å². The molecule has 2 aromatic rings. The van der Waals surface area contributed by atoms with Gasteiger partial charge < -0.3 is 0 Å². The van der Waals surface area contributed by atoms with Crippen LogP contribution in [0.5, 0.6) is 0 Å². The van der Waals surface area contributed by atoms with Crippen LogP contribution < -0.4 is 5.43 Å². The number of hydrogen-bond acceptors (Lipinski definition) is 2. The summed E-state index contributed by atoms with van der Waals surface area (Å²) in [5.41, 5.74) is 6.29. The molecule has 0 radical (unpaired) electrons. The molecule has 120 valence electrons. The van der Waals surface area contributed by atoms with Crippen LogP contribution in [0.3, 0.4) is 0 Å². The van der Waals surface area contributed by atoms with Crippen LogP contribution in [0.2, 0.25) is 0 Å². The van der Waals surface area contributed by atoms with Gasteiger partial charge in [-0.2, -0.15) is 5.10 Å². The lowest BCUT2D eigenvalue weighted by Gasteiger charge is -2.18. The van der Waals surface area contributed by atoms with E-state index in [1.54, 1.807) is 0 Å². The highest BCUT2D eigenvalue weighted by Gasteiger charge is 2.14. The fourth-order valence-electron chi connectivity index (χ4n) is 2.10. The zero-order valence-corrected chi connectivity index (χ0v) is 16.0. The predicted octanol–water partition coefficient (Wildman–Crippen LogP) is 4.74. The van der Waals surface area contributed by atoms with Gasteiger partial charge in [-0.3, -0.25) is 4.79 Å². The molecule has 0 spiro atoms. The molecule has 1 amide bonds. The zero-order chi connectivity index (χ0) is 17.0. The molecule has 0 fully saturated rings. The monoisotopic (exact) mass is 420 g/mol. The van der Waals surface area contributed by atoms with E-state index in [4.69, 9.17) is 0 Å². The van der Waals surface area contributed by atoms with E-state index in [0.717, 1.165) is 14.8 Å². The van der Waals surface area contributed by atoms with Crippen molar-refractivity contribution in [2.24, 2.45) is 5.10 Å². The molecule has 0 saturated carbocycles. The van der Waals surface area contributed by atoms with Crippen LogP contribution in [-0.2, 0) is 5.41 Å². The maximum atomic E-state index is 12.2. The topological polar surface area (TPSA) is 41.5 Å². The van der Waals surface area contributed by atoms with Gasteiger partial charge in [0.2, 0.25) is 0 Å². The molecule has 23 heavy (non-hydrogen) atoms. The van der Waals surface area contributed by atoms with Crippen LogP contribution in [0.1, 0.15) is 49.2 Å². The number of halogens is 1. The number of hydrazone groups is 1. The second kappa shape index (κ2) is 7.25. The molecular weight excluding hydrogens is 399 g/mol. The summed E-state index contributed by atoms with van der Waals surface area (Å²) >= 11 is 2.26. The van der Waals surface area contributed by atoms with Gasteiger partial charge in [0.15, 0.2) is 0 Å². The lowest BCUT2D eigenvalue weighted by atomic mass is 9.87. The molecule has 0 aliphatic rings. The van der Waals surface area contributed by atoms with Crippen LogP contribution in [-0.4, -0.2) is 11.6 Å². The fraction of sp³-hybridized carbons (Fsp3) is 0.263. The number of carbonyl (C=O) groups excluding carboxylic acids is 1. The highest BCUT2D eigenvalue weighted by atomic mass is 127. The first-order valence-electron chi connectivity index (χ1n) is 7.48. The second-order valence-electron chi connectivity index (χ2n) is 6.48. The predicted molar refractivity (Wildman–Crippen MR) is 104 cm³/mol. The van der Waals surface area contributed by atoms with Crippen molar-refractivity contribution in [3.63, 3.8) is 0 Å². The molecule has 0 atom stereocenters. The van der Waals surface area contributed by atoms with Crippen LogP contribution in [0.25, 0.3) is 0 Å². The first-order valence-corrected chi connectivity index (χ1v) is 8.56. The largest absolute Gasteiger partial charge is 0.271 e. The molecule has 0 bridgehead atoms. The van der Waals surface area contributed by atoms with E-state index in [1.165, 1.54) is 5.56 Å². The summed E-state index contributed by atoms with van der Waals surface area (Å²) < 4.78 is 1.14. The molecule has 0 heterocycles. The third-order valence-electron chi connectivity index (χ3n) is 3.58. The van der Waals surface area contributed by atoms with Gasteiger partial charge in [0.05, 0.1) is 5.71 Å². The Kier molecular flexibility index (Phi) is 5.57. The van der Waals surface area contributed by atoms with Gasteiger partial charge in [0.25, 0.3) is 5.91 Å². The average molecular weight is 420 g/mol. The summed E-state index contributed by atoms with van der Waals surface area (Å²) in [6.45, 7) is 8.33. The SMILES string of the molecule is C/C(=N/NC(=O)c1ccc(C(C)(C)C)cc1)c1cccc(I)c1. The van der Waals surface area contributed by atoms with E-state index < -0.39 is 0 Å². The van der Waals surface area contributed by atoms with E-state index in [2.05, 4.69) is 53.9 Å². The van der Waals surface area contributed by atoms with Gasteiger partial charge in [-0.15, -0.1) is 0 Å². The lowest BCUT2D eigenvalue weighted by molar-refractivity contribution is 0.0955. The van der Waals surface area contributed by atoms with Gasteiger partial charge in [-0.25, -0.2) is 5.43 Å². The van der Waals surface area contributed by atoms with E-state index in [-0.39, 0.29) is 11.3 Å². The average Bonchev–Trinajstić information content (AvgIpc) is 2.51. The smallest absolute Gasteiger partial charge is 0.267 e. The van der Waals surface area contributed by atoms with Crippen molar-refractivity contribution in [2.75, 3.05) is 0 Å². The molecule has 0 aliphatic carbocycles. The summed E-state index contributed by atoms with van der Waals surface area (Å²) in [6.07, 6.45) is 0. The van der Waals surface area contributed by atoms with Gasteiger partial charge in [0, 0.05) is 9.13 Å². The molecular formula is C19H21IN2O. The fourth-order valence-corrected chi connectivity index (χ4v) is 2.64. The molecule has 0 saturated heterocycles. The Hall–Kier alpha value is -1.69. The van der Waals surface area contributed by atoms with Crippen LogP contribution >= 0.6 is 22.6 Å². The third kappa shape index (κ3) is 4.89.